The standard InChI is InChI=1S/C69H138O9S5/c1-10-70-67(71-11-2,72-12-3)54-43-37-31-25-19-22-28-34-40-46-57-79-60-52-66-63-64(51-61-82-80-58-47-41-35-29-23-20-26-32-38-44-55-68(73-13-4,74-14-5)75-15-6)49-50-65(66)53-62-83-81-59-48-42-36-30-24-21-27-33-39-45-56-69(76-16-7,77-17-8)78-18-9/h64-66H,10-63H2,1-9H3. The van der Waals surface area contributed by atoms with Crippen LogP contribution in [-0.2, 0) is 42.6 Å². The van der Waals surface area contributed by atoms with Crippen LogP contribution in [0.25, 0.3) is 0 Å². The molecule has 1 fully saturated rings. The van der Waals surface area contributed by atoms with Crippen molar-refractivity contribution in [3.05, 3.63) is 0 Å². The van der Waals surface area contributed by atoms with Crippen molar-refractivity contribution in [1.29, 1.82) is 0 Å². The first-order chi connectivity index (χ1) is 40.8. The van der Waals surface area contributed by atoms with E-state index in [1.165, 1.54) is 246 Å². The van der Waals surface area contributed by atoms with Crippen LogP contribution in [0.3, 0.4) is 0 Å². The average Bonchev–Trinajstić information content (AvgIpc) is 3.48. The Bertz CT molecular complexity index is 1260. The molecule has 0 aromatic rings. The normalized spacial score (nSPS) is 16.2. The van der Waals surface area contributed by atoms with E-state index >= 15 is 0 Å². The second-order valence-electron chi connectivity index (χ2n) is 23.3. The van der Waals surface area contributed by atoms with Crippen LogP contribution in [-0.4, -0.2) is 112 Å². The summed E-state index contributed by atoms with van der Waals surface area (Å²) in [6.45, 7) is 23.7. The van der Waals surface area contributed by atoms with Crippen molar-refractivity contribution in [3.63, 3.8) is 0 Å². The van der Waals surface area contributed by atoms with E-state index in [2.05, 4.69) is 54.9 Å². The molecule has 1 saturated carbocycles. The average molecular weight is 1270 g/mol. The lowest BCUT2D eigenvalue weighted by Crippen LogP contribution is -2.39. The zero-order valence-electron chi connectivity index (χ0n) is 56.1. The predicted molar refractivity (Wildman–Crippen MR) is 371 cm³/mol. The fourth-order valence-corrected chi connectivity index (χ4v) is 17.9. The van der Waals surface area contributed by atoms with Gasteiger partial charge in [-0.15, -0.1) is 0 Å². The first-order valence-electron chi connectivity index (χ1n) is 35.6. The van der Waals surface area contributed by atoms with Crippen LogP contribution in [0.4, 0.5) is 0 Å². The fraction of sp³-hybridized carbons (Fsp3) is 1.00. The van der Waals surface area contributed by atoms with E-state index < -0.39 is 17.9 Å². The van der Waals surface area contributed by atoms with E-state index in [4.69, 9.17) is 42.6 Å². The number of hydrogen-bond donors (Lipinski definition) is 0. The molecule has 1 aliphatic rings. The SMILES string of the molecule is CCOC(CCCCCCCCCCCCSCCC1CC(CCSSCCCCCCCCCCCCC(OCC)(OCC)OCC)CCC1CCSSCCCCCCCCCCCCC(OCC)(OCC)OCC)(OCC)OCC. The van der Waals surface area contributed by atoms with Gasteiger partial charge in [0.1, 0.15) is 0 Å². The number of rotatable bonds is 68. The Morgan fingerprint density at radius 3 is 0.819 bits per heavy atom. The van der Waals surface area contributed by atoms with Gasteiger partial charge in [0, 0.05) is 102 Å². The largest absolute Gasteiger partial charge is 0.328 e. The Morgan fingerprint density at radius 1 is 0.253 bits per heavy atom. The minimum atomic E-state index is -0.841. The highest BCUT2D eigenvalue weighted by Crippen LogP contribution is 2.42. The van der Waals surface area contributed by atoms with Crippen molar-refractivity contribution < 1.29 is 42.6 Å². The molecule has 9 nitrogen and oxygen atoms in total. The van der Waals surface area contributed by atoms with E-state index in [0.717, 1.165) is 56.3 Å². The van der Waals surface area contributed by atoms with Crippen molar-refractivity contribution >= 4 is 54.9 Å². The predicted octanol–water partition coefficient (Wildman–Crippen LogP) is 22.8. The molecule has 0 saturated heterocycles. The topological polar surface area (TPSA) is 83.1 Å². The molecular formula is C69H138O9S5. The van der Waals surface area contributed by atoms with Crippen molar-refractivity contribution in [2.75, 3.05) is 94.0 Å². The Morgan fingerprint density at radius 2 is 0.506 bits per heavy atom. The van der Waals surface area contributed by atoms with Gasteiger partial charge in [0.05, 0.1) is 0 Å². The summed E-state index contributed by atoms with van der Waals surface area (Å²) in [6, 6.07) is 0. The van der Waals surface area contributed by atoms with Crippen LogP contribution < -0.4 is 0 Å². The molecule has 14 heteroatoms. The molecule has 0 aliphatic heterocycles. The third kappa shape index (κ3) is 46.2. The van der Waals surface area contributed by atoms with E-state index in [1.54, 1.807) is 0 Å². The van der Waals surface area contributed by atoms with Gasteiger partial charge in [-0.3, -0.25) is 0 Å². The van der Waals surface area contributed by atoms with Crippen LogP contribution in [0.1, 0.15) is 313 Å². The van der Waals surface area contributed by atoms with E-state index in [-0.39, 0.29) is 0 Å². The molecule has 0 spiro atoms. The van der Waals surface area contributed by atoms with Crippen molar-refractivity contribution in [2.24, 2.45) is 17.8 Å². The molecular weight excluding hydrogens is 1130 g/mol. The zero-order chi connectivity index (χ0) is 60.3. The van der Waals surface area contributed by atoms with Crippen LogP contribution in [0.5, 0.6) is 0 Å². The summed E-state index contributed by atoms with van der Waals surface area (Å²) in [4.78, 5) is 0. The highest BCUT2D eigenvalue weighted by atomic mass is 33.1. The second kappa shape index (κ2) is 60.9. The molecule has 0 N–H and O–H groups in total. The lowest BCUT2D eigenvalue weighted by molar-refractivity contribution is -0.380. The van der Waals surface area contributed by atoms with Crippen LogP contribution in [0, 0.1) is 17.8 Å². The maximum absolute atomic E-state index is 5.91. The van der Waals surface area contributed by atoms with E-state index in [9.17, 15) is 0 Å². The molecule has 498 valence electrons. The minimum absolute atomic E-state index is 0.613. The highest BCUT2D eigenvalue weighted by Gasteiger charge is 2.34. The summed E-state index contributed by atoms with van der Waals surface area (Å²) in [5.41, 5.74) is 0. The molecule has 3 unspecified atom stereocenters. The molecule has 3 atom stereocenters. The molecule has 0 aromatic heterocycles. The summed E-state index contributed by atoms with van der Waals surface area (Å²) in [5.74, 6) is 8.40. The maximum atomic E-state index is 5.91. The third-order valence-corrected chi connectivity index (χ3v) is 22.6. The first kappa shape index (κ1) is 82.4. The fourth-order valence-electron chi connectivity index (χ4n) is 12.2. The van der Waals surface area contributed by atoms with Gasteiger partial charge in [-0.25, -0.2) is 0 Å². The molecule has 83 heavy (non-hydrogen) atoms. The van der Waals surface area contributed by atoms with Crippen LogP contribution >= 0.6 is 54.9 Å². The molecule has 0 bridgehead atoms. The number of ether oxygens (including phenoxy) is 9. The maximum Gasteiger partial charge on any atom is 0.282 e. The number of unbranched alkanes of at least 4 members (excludes halogenated alkanes) is 27. The van der Waals surface area contributed by atoms with Crippen LogP contribution in [0.15, 0.2) is 0 Å². The van der Waals surface area contributed by atoms with Gasteiger partial charge >= 0.3 is 0 Å². The monoisotopic (exact) mass is 1270 g/mol. The summed E-state index contributed by atoms with van der Waals surface area (Å²) < 4.78 is 53.1. The third-order valence-electron chi connectivity index (χ3n) is 16.5. The van der Waals surface area contributed by atoms with Gasteiger partial charge < -0.3 is 42.6 Å². The van der Waals surface area contributed by atoms with Gasteiger partial charge in [-0.1, -0.05) is 204 Å². The smallest absolute Gasteiger partial charge is 0.282 e. The Hall–Kier alpha value is 1.39. The summed E-state index contributed by atoms with van der Waals surface area (Å²) >= 11 is 2.27. The highest BCUT2D eigenvalue weighted by molar-refractivity contribution is 8.77. The second-order valence-corrected chi connectivity index (χ2v) is 29.9. The summed E-state index contributed by atoms with van der Waals surface area (Å²) in [6.07, 6.45) is 51.2. The molecule has 0 radical (unpaired) electrons. The van der Waals surface area contributed by atoms with Gasteiger partial charge in [0.15, 0.2) is 0 Å². The van der Waals surface area contributed by atoms with E-state index in [1.807, 2.05) is 62.3 Å². The molecule has 1 rings (SSSR count). The molecule has 1 aliphatic carbocycles. The zero-order valence-corrected chi connectivity index (χ0v) is 60.2. The van der Waals surface area contributed by atoms with Crippen molar-refractivity contribution in [1.82, 2.24) is 0 Å². The number of hydrogen-bond acceptors (Lipinski definition) is 14. The van der Waals surface area contributed by atoms with Gasteiger partial charge in [0.25, 0.3) is 17.9 Å². The lowest BCUT2D eigenvalue weighted by Gasteiger charge is -2.36. The van der Waals surface area contributed by atoms with Gasteiger partial charge in [0.2, 0.25) is 0 Å². The molecule has 0 amide bonds. The molecule has 0 heterocycles. The summed E-state index contributed by atoms with van der Waals surface area (Å²) in [5, 5.41) is 0. The van der Waals surface area contributed by atoms with Crippen LogP contribution in [0.2, 0.25) is 0 Å². The lowest BCUT2D eigenvalue weighted by atomic mass is 9.71. The quantitative estimate of drug-likeness (QED) is 0.0329. The molecule has 0 aromatic carbocycles. The summed E-state index contributed by atoms with van der Waals surface area (Å²) in [7, 11) is 8.70. The Labute approximate surface area is 536 Å². The Kier molecular flexibility index (Phi) is 60.5. The van der Waals surface area contributed by atoms with Gasteiger partial charge in [-0.05, 0) is 162 Å². The Balaban J connectivity index is 2.32. The van der Waals surface area contributed by atoms with Crippen molar-refractivity contribution in [3.8, 4) is 0 Å². The van der Waals surface area contributed by atoms with Gasteiger partial charge in [-0.2, -0.15) is 11.8 Å². The first-order valence-corrected chi connectivity index (χ1v) is 41.7. The number of thioether (sulfide) groups is 1. The van der Waals surface area contributed by atoms with E-state index in [0.29, 0.717) is 59.5 Å². The minimum Gasteiger partial charge on any atom is -0.328 e. The van der Waals surface area contributed by atoms with Crippen molar-refractivity contribution in [2.45, 2.75) is 331 Å².